The molecule has 9 nitrogen and oxygen atoms in total. The first-order valence-electron chi connectivity index (χ1n) is 6.69. The van der Waals surface area contributed by atoms with E-state index in [1.165, 1.54) is 0 Å². The molecule has 0 bridgehead atoms. The summed E-state index contributed by atoms with van der Waals surface area (Å²) in [7, 11) is 0. The van der Waals surface area contributed by atoms with Crippen molar-refractivity contribution in [3.8, 4) is 5.75 Å². The lowest BCUT2D eigenvalue weighted by Crippen LogP contribution is -2.11. The maximum absolute atomic E-state index is 12.0. The number of benzene rings is 1. The van der Waals surface area contributed by atoms with Crippen molar-refractivity contribution < 1.29 is 24.1 Å². The number of non-ortho nitro benzene ring substituents is 1. The van der Waals surface area contributed by atoms with Crippen molar-refractivity contribution in [2.75, 3.05) is 13.2 Å². The highest BCUT2D eigenvalue weighted by Gasteiger charge is 2.29. The maximum Gasteiger partial charge on any atom is 0.342 e. The van der Waals surface area contributed by atoms with Gasteiger partial charge < -0.3 is 9.47 Å². The van der Waals surface area contributed by atoms with Gasteiger partial charge in [0.05, 0.1) is 29.1 Å². The lowest BCUT2D eigenvalue weighted by atomic mass is 10.1. The van der Waals surface area contributed by atoms with Crippen molar-refractivity contribution >= 4 is 17.3 Å². The van der Waals surface area contributed by atoms with Crippen LogP contribution < -0.4 is 4.74 Å². The van der Waals surface area contributed by atoms with Gasteiger partial charge in [0.2, 0.25) is 5.75 Å². The first kappa shape index (κ1) is 17.3. The van der Waals surface area contributed by atoms with Crippen molar-refractivity contribution in [3.63, 3.8) is 0 Å². The van der Waals surface area contributed by atoms with Gasteiger partial charge in [0, 0.05) is 6.07 Å². The average Bonchev–Trinajstić information content (AvgIpc) is 2.49. The number of rotatable bonds is 8. The van der Waals surface area contributed by atoms with E-state index in [4.69, 9.17) is 9.47 Å². The highest BCUT2D eigenvalue weighted by molar-refractivity contribution is 5.95. The Balaban J connectivity index is 3.42. The molecule has 0 saturated heterocycles. The summed E-state index contributed by atoms with van der Waals surface area (Å²) in [6.45, 7) is 3.79. The molecular formula is C13H16N2O7. The van der Waals surface area contributed by atoms with Crippen LogP contribution in [-0.2, 0) is 4.74 Å². The van der Waals surface area contributed by atoms with E-state index in [1.54, 1.807) is 13.8 Å². The number of nitrogens with zero attached hydrogens (tertiary/aromatic N) is 2. The third-order valence-corrected chi connectivity index (χ3v) is 2.57. The molecule has 0 aromatic heterocycles. The minimum atomic E-state index is -0.889. The van der Waals surface area contributed by atoms with Gasteiger partial charge in [0.1, 0.15) is 5.56 Å². The highest BCUT2D eigenvalue weighted by Crippen LogP contribution is 2.36. The number of carbonyl (C=O) groups excluding carboxylic acids is 1. The fourth-order valence-corrected chi connectivity index (χ4v) is 1.62. The zero-order chi connectivity index (χ0) is 16.7. The van der Waals surface area contributed by atoms with Gasteiger partial charge >= 0.3 is 11.7 Å². The van der Waals surface area contributed by atoms with Gasteiger partial charge in [0.25, 0.3) is 5.69 Å². The normalized spacial score (nSPS) is 10.1. The topological polar surface area (TPSA) is 122 Å². The molecule has 120 valence electrons. The van der Waals surface area contributed by atoms with E-state index >= 15 is 0 Å². The van der Waals surface area contributed by atoms with Gasteiger partial charge in [-0.1, -0.05) is 13.8 Å². The molecule has 0 aliphatic carbocycles. The zero-order valence-corrected chi connectivity index (χ0v) is 12.2. The fraction of sp³-hybridized carbons (Fsp3) is 0.462. The van der Waals surface area contributed by atoms with Crippen LogP contribution in [0.3, 0.4) is 0 Å². The molecule has 1 aromatic carbocycles. The molecular weight excluding hydrogens is 296 g/mol. The van der Waals surface area contributed by atoms with Gasteiger partial charge in [-0.2, -0.15) is 0 Å². The molecule has 0 unspecified atom stereocenters. The molecule has 0 atom stereocenters. The standard InChI is InChI=1S/C13H16N2O7/c1-3-5-21-12-10(13(16)22-6-4-2)7-9(14(17)18)8-11(12)15(19)20/h7-8H,3-6H2,1-2H3. The molecule has 0 heterocycles. The summed E-state index contributed by atoms with van der Waals surface area (Å²) >= 11 is 0. The van der Waals surface area contributed by atoms with E-state index in [9.17, 15) is 25.0 Å². The second-order valence-electron chi connectivity index (χ2n) is 4.34. The number of carbonyl (C=O) groups is 1. The minimum Gasteiger partial charge on any atom is -0.486 e. The Kier molecular flexibility index (Phi) is 6.24. The van der Waals surface area contributed by atoms with Crippen LogP contribution in [0.5, 0.6) is 5.75 Å². The van der Waals surface area contributed by atoms with Gasteiger partial charge in [-0.15, -0.1) is 0 Å². The summed E-state index contributed by atoms with van der Waals surface area (Å²) in [6, 6.07) is 1.69. The van der Waals surface area contributed by atoms with E-state index in [-0.39, 0.29) is 24.5 Å². The zero-order valence-electron chi connectivity index (χ0n) is 12.2. The summed E-state index contributed by atoms with van der Waals surface area (Å²) in [5.41, 5.74) is -1.52. The molecule has 9 heteroatoms. The molecule has 1 rings (SSSR count). The van der Waals surface area contributed by atoms with Crippen LogP contribution in [0.15, 0.2) is 12.1 Å². The molecule has 0 spiro atoms. The summed E-state index contributed by atoms with van der Waals surface area (Å²) in [5.74, 6) is -1.20. The van der Waals surface area contributed by atoms with Crippen molar-refractivity contribution in [2.24, 2.45) is 0 Å². The Hall–Kier alpha value is -2.71. The Morgan fingerprint density at radius 1 is 1.09 bits per heavy atom. The van der Waals surface area contributed by atoms with Crippen LogP contribution in [0, 0.1) is 20.2 Å². The third-order valence-electron chi connectivity index (χ3n) is 2.57. The Labute approximate surface area is 126 Å². The van der Waals surface area contributed by atoms with Crippen molar-refractivity contribution in [2.45, 2.75) is 26.7 Å². The van der Waals surface area contributed by atoms with Crippen LogP contribution in [0.4, 0.5) is 11.4 Å². The smallest absolute Gasteiger partial charge is 0.342 e. The fourth-order valence-electron chi connectivity index (χ4n) is 1.62. The quantitative estimate of drug-likeness (QED) is 0.411. The minimum absolute atomic E-state index is 0.0997. The maximum atomic E-state index is 12.0. The van der Waals surface area contributed by atoms with E-state index in [0.29, 0.717) is 12.8 Å². The molecule has 0 N–H and O–H groups in total. The molecule has 0 aliphatic heterocycles. The largest absolute Gasteiger partial charge is 0.486 e. The monoisotopic (exact) mass is 312 g/mol. The lowest BCUT2D eigenvalue weighted by Gasteiger charge is -2.11. The predicted molar refractivity (Wildman–Crippen MR) is 76.1 cm³/mol. The molecule has 0 aliphatic rings. The van der Waals surface area contributed by atoms with Gasteiger partial charge in [-0.05, 0) is 12.8 Å². The van der Waals surface area contributed by atoms with Crippen molar-refractivity contribution in [1.29, 1.82) is 0 Å². The van der Waals surface area contributed by atoms with Crippen LogP contribution in [0.2, 0.25) is 0 Å². The molecule has 0 amide bonds. The Morgan fingerprint density at radius 2 is 1.73 bits per heavy atom. The van der Waals surface area contributed by atoms with E-state index in [0.717, 1.165) is 12.1 Å². The summed E-state index contributed by atoms with van der Waals surface area (Å²) < 4.78 is 10.2. The number of nitro benzene ring substituents is 2. The van der Waals surface area contributed by atoms with E-state index in [2.05, 4.69) is 0 Å². The molecule has 0 radical (unpaired) electrons. The first-order valence-corrected chi connectivity index (χ1v) is 6.69. The number of ether oxygens (including phenoxy) is 2. The van der Waals surface area contributed by atoms with Gasteiger partial charge in [-0.25, -0.2) is 4.79 Å². The molecule has 0 saturated carbocycles. The van der Waals surface area contributed by atoms with E-state index < -0.39 is 27.2 Å². The van der Waals surface area contributed by atoms with Crippen LogP contribution >= 0.6 is 0 Å². The predicted octanol–water partition coefficient (Wildman–Crippen LogP) is 2.86. The SMILES string of the molecule is CCCOC(=O)c1cc([N+](=O)[O-])cc([N+](=O)[O-])c1OCCC. The highest BCUT2D eigenvalue weighted by atomic mass is 16.6. The first-order chi connectivity index (χ1) is 10.4. The summed E-state index contributed by atoms with van der Waals surface area (Å²) in [5, 5.41) is 22.0. The number of nitro groups is 2. The molecule has 0 fully saturated rings. The van der Waals surface area contributed by atoms with Gasteiger partial charge in [0.15, 0.2) is 0 Å². The average molecular weight is 312 g/mol. The third kappa shape index (κ3) is 4.14. The molecule has 22 heavy (non-hydrogen) atoms. The summed E-state index contributed by atoms with van der Waals surface area (Å²) in [4.78, 5) is 32.3. The number of esters is 1. The van der Waals surface area contributed by atoms with Gasteiger partial charge in [-0.3, -0.25) is 20.2 Å². The Morgan fingerprint density at radius 3 is 2.23 bits per heavy atom. The van der Waals surface area contributed by atoms with Crippen molar-refractivity contribution in [3.05, 3.63) is 37.9 Å². The van der Waals surface area contributed by atoms with Crippen LogP contribution in [0.25, 0.3) is 0 Å². The van der Waals surface area contributed by atoms with Crippen LogP contribution in [-0.4, -0.2) is 29.0 Å². The Bertz CT molecular complexity index is 586. The molecule has 1 aromatic rings. The lowest BCUT2D eigenvalue weighted by molar-refractivity contribution is -0.394. The second-order valence-corrected chi connectivity index (χ2v) is 4.34. The van der Waals surface area contributed by atoms with Crippen LogP contribution in [0.1, 0.15) is 37.0 Å². The number of hydrogen-bond acceptors (Lipinski definition) is 7. The van der Waals surface area contributed by atoms with Crippen molar-refractivity contribution in [1.82, 2.24) is 0 Å². The summed E-state index contributed by atoms with van der Waals surface area (Å²) in [6.07, 6.45) is 1.10. The number of hydrogen-bond donors (Lipinski definition) is 0. The second kappa shape index (κ2) is 7.91. The van der Waals surface area contributed by atoms with E-state index in [1.807, 2.05) is 0 Å².